The number of hydrogen-bond donors (Lipinski definition) is 2. The van der Waals surface area contributed by atoms with Crippen molar-refractivity contribution in [1.82, 2.24) is 9.55 Å². The fourth-order valence-corrected chi connectivity index (χ4v) is 4.27. The molecule has 0 aliphatic heterocycles. The molecule has 0 saturated heterocycles. The van der Waals surface area contributed by atoms with Crippen molar-refractivity contribution >= 4 is 23.5 Å². The van der Waals surface area contributed by atoms with Crippen LogP contribution < -0.4 is 21.9 Å². The summed E-state index contributed by atoms with van der Waals surface area (Å²) < 4.78 is 6.80. The summed E-state index contributed by atoms with van der Waals surface area (Å²) in [5.74, 6) is 0.793. The Labute approximate surface area is 203 Å². The highest BCUT2D eigenvalue weighted by atomic mass is 16.3. The van der Waals surface area contributed by atoms with Gasteiger partial charge in [-0.3, -0.25) is 19.1 Å². The largest absolute Gasteiger partial charge is 0.462 e. The number of rotatable bonds is 8. The van der Waals surface area contributed by atoms with E-state index in [1.807, 2.05) is 37.3 Å². The number of benzene rings is 1. The Bertz CT molecular complexity index is 1360. The Morgan fingerprint density at radius 3 is 2.66 bits per heavy atom. The quantitative estimate of drug-likeness (QED) is 0.378. The van der Waals surface area contributed by atoms with Crippen LogP contribution >= 0.6 is 0 Å². The third-order valence-corrected chi connectivity index (χ3v) is 6.13. The Morgan fingerprint density at radius 2 is 1.97 bits per heavy atom. The van der Waals surface area contributed by atoms with E-state index in [1.54, 1.807) is 18.2 Å². The molecule has 1 aliphatic rings. The summed E-state index contributed by atoms with van der Waals surface area (Å²) in [4.78, 5) is 42.6. The van der Waals surface area contributed by atoms with Crippen LogP contribution in [0.4, 0.5) is 11.5 Å². The number of nitrogens with zero attached hydrogens (tertiary/aromatic N) is 2. The van der Waals surface area contributed by atoms with Gasteiger partial charge < -0.3 is 15.1 Å². The summed E-state index contributed by atoms with van der Waals surface area (Å²) in [6, 6.07) is 12.9. The van der Waals surface area contributed by atoms with Gasteiger partial charge in [0.15, 0.2) is 5.69 Å². The highest BCUT2D eigenvalue weighted by molar-refractivity contribution is 6.05. The SMILES string of the molecule is Cc1ccc(C=CC(=O)N(CCC2=CCCCC2)c2c(N)n(Cc3ccccc3)c(=O)[nH]c2=O)o1. The lowest BCUT2D eigenvalue weighted by molar-refractivity contribution is -0.114. The van der Waals surface area contributed by atoms with E-state index >= 15 is 0 Å². The fraction of sp³-hybridized carbons (Fsp3) is 0.296. The number of aromatic nitrogens is 2. The highest BCUT2D eigenvalue weighted by Crippen LogP contribution is 2.24. The van der Waals surface area contributed by atoms with Crippen molar-refractivity contribution in [2.75, 3.05) is 17.2 Å². The number of nitrogen functional groups attached to an aromatic ring is 1. The molecule has 0 fully saturated rings. The van der Waals surface area contributed by atoms with Crippen LogP contribution in [-0.4, -0.2) is 22.0 Å². The smallest absolute Gasteiger partial charge is 0.330 e. The zero-order valence-corrected chi connectivity index (χ0v) is 19.8. The molecule has 2 aromatic heterocycles. The molecule has 8 heteroatoms. The summed E-state index contributed by atoms with van der Waals surface area (Å²) in [6.07, 6.45) is 10.0. The third kappa shape index (κ3) is 5.90. The molecule has 0 bridgehead atoms. The van der Waals surface area contributed by atoms with Gasteiger partial charge in [-0.2, -0.15) is 0 Å². The summed E-state index contributed by atoms with van der Waals surface area (Å²) in [6.45, 7) is 2.26. The molecule has 1 amide bonds. The molecule has 0 radical (unpaired) electrons. The van der Waals surface area contributed by atoms with Gasteiger partial charge in [-0.1, -0.05) is 42.0 Å². The molecule has 35 heavy (non-hydrogen) atoms. The van der Waals surface area contributed by atoms with E-state index < -0.39 is 17.2 Å². The highest BCUT2D eigenvalue weighted by Gasteiger charge is 2.23. The van der Waals surface area contributed by atoms with Crippen molar-refractivity contribution < 1.29 is 9.21 Å². The van der Waals surface area contributed by atoms with Gasteiger partial charge in [0, 0.05) is 12.6 Å². The topological polar surface area (TPSA) is 114 Å². The average molecular weight is 475 g/mol. The van der Waals surface area contributed by atoms with Crippen LogP contribution in [0.3, 0.4) is 0 Å². The molecule has 182 valence electrons. The Hall–Kier alpha value is -4.07. The Balaban J connectivity index is 1.70. The number of furan rings is 1. The first-order chi connectivity index (χ1) is 16.9. The van der Waals surface area contributed by atoms with E-state index in [4.69, 9.17) is 10.2 Å². The third-order valence-electron chi connectivity index (χ3n) is 6.13. The molecule has 3 N–H and O–H groups in total. The van der Waals surface area contributed by atoms with E-state index in [9.17, 15) is 14.4 Å². The first kappa shape index (κ1) is 24.1. The van der Waals surface area contributed by atoms with Crippen LogP contribution in [0.5, 0.6) is 0 Å². The lowest BCUT2D eigenvalue weighted by Gasteiger charge is -2.24. The first-order valence-electron chi connectivity index (χ1n) is 11.8. The van der Waals surface area contributed by atoms with Crippen LogP contribution in [0.2, 0.25) is 0 Å². The second kappa shape index (κ2) is 10.9. The van der Waals surface area contributed by atoms with Crippen LogP contribution in [0, 0.1) is 6.92 Å². The minimum absolute atomic E-state index is 0.0257. The second-order valence-electron chi connectivity index (χ2n) is 8.69. The van der Waals surface area contributed by atoms with Gasteiger partial charge in [0.1, 0.15) is 17.3 Å². The normalized spacial score (nSPS) is 13.7. The minimum atomic E-state index is -0.690. The van der Waals surface area contributed by atoms with Crippen molar-refractivity contribution in [3.63, 3.8) is 0 Å². The van der Waals surface area contributed by atoms with Gasteiger partial charge in [0.2, 0.25) is 0 Å². The van der Waals surface area contributed by atoms with Crippen LogP contribution in [0.1, 0.15) is 49.2 Å². The number of carbonyl (C=O) groups is 1. The molecule has 0 unspecified atom stereocenters. The van der Waals surface area contributed by atoms with Crippen LogP contribution in [-0.2, 0) is 11.3 Å². The maximum absolute atomic E-state index is 13.3. The zero-order chi connectivity index (χ0) is 24.8. The number of amides is 1. The van der Waals surface area contributed by atoms with E-state index in [0.717, 1.165) is 37.0 Å². The van der Waals surface area contributed by atoms with E-state index in [0.29, 0.717) is 12.2 Å². The number of hydrogen-bond acceptors (Lipinski definition) is 5. The van der Waals surface area contributed by atoms with Crippen molar-refractivity contribution in [2.45, 2.75) is 45.6 Å². The Morgan fingerprint density at radius 1 is 1.17 bits per heavy atom. The fourth-order valence-electron chi connectivity index (χ4n) is 4.27. The monoisotopic (exact) mass is 474 g/mol. The van der Waals surface area contributed by atoms with Crippen molar-refractivity contribution in [2.24, 2.45) is 0 Å². The summed E-state index contributed by atoms with van der Waals surface area (Å²) >= 11 is 0. The molecule has 0 saturated carbocycles. The van der Waals surface area contributed by atoms with E-state index in [-0.39, 0.29) is 24.6 Å². The molecular formula is C27H30N4O4. The minimum Gasteiger partial charge on any atom is -0.462 e. The van der Waals surface area contributed by atoms with Crippen molar-refractivity contribution in [3.8, 4) is 0 Å². The number of carbonyl (C=O) groups excluding carboxylic acids is 1. The maximum Gasteiger partial charge on any atom is 0.330 e. The number of anilines is 2. The molecule has 3 aromatic rings. The molecule has 0 atom stereocenters. The summed E-state index contributed by atoms with van der Waals surface area (Å²) in [5, 5.41) is 0. The van der Waals surface area contributed by atoms with Gasteiger partial charge in [0.25, 0.3) is 11.5 Å². The number of nitrogens with one attached hydrogen (secondary N) is 1. The molecular weight excluding hydrogens is 444 g/mol. The van der Waals surface area contributed by atoms with Gasteiger partial charge in [-0.25, -0.2) is 4.79 Å². The zero-order valence-electron chi connectivity index (χ0n) is 19.8. The Kier molecular flexibility index (Phi) is 7.50. The molecule has 2 heterocycles. The van der Waals surface area contributed by atoms with E-state index in [1.165, 1.54) is 21.1 Å². The predicted molar refractivity (Wildman–Crippen MR) is 137 cm³/mol. The number of aryl methyl sites for hydroxylation is 1. The van der Waals surface area contributed by atoms with Crippen molar-refractivity contribution in [3.05, 3.63) is 98.1 Å². The standard InChI is InChI=1S/C27H30N4O4/c1-19-12-13-22(35-19)14-15-23(32)30(17-16-20-8-4-2-5-9-20)24-25(28)31(27(34)29-26(24)33)18-21-10-6-3-7-11-21/h3,6-8,10-15H,2,4-5,9,16-18,28H2,1H3,(H,29,33,34). The number of H-pyrrole nitrogens is 1. The lowest BCUT2D eigenvalue weighted by atomic mass is 9.97. The average Bonchev–Trinajstić information content (AvgIpc) is 3.28. The van der Waals surface area contributed by atoms with Gasteiger partial charge >= 0.3 is 5.69 Å². The molecule has 4 rings (SSSR count). The summed E-state index contributed by atoms with van der Waals surface area (Å²) in [5.41, 5.74) is 7.15. The second-order valence-corrected chi connectivity index (χ2v) is 8.69. The van der Waals surface area contributed by atoms with Crippen LogP contribution in [0.15, 0.2) is 74.2 Å². The molecule has 8 nitrogen and oxygen atoms in total. The van der Waals surface area contributed by atoms with Gasteiger partial charge in [0.05, 0.1) is 6.54 Å². The van der Waals surface area contributed by atoms with Gasteiger partial charge in [-0.05, 0) is 62.8 Å². The van der Waals surface area contributed by atoms with Gasteiger partial charge in [-0.15, -0.1) is 0 Å². The van der Waals surface area contributed by atoms with Crippen molar-refractivity contribution in [1.29, 1.82) is 0 Å². The first-order valence-corrected chi connectivity index (χ1v) is 11.8. The number of aromatic amines is 1. The number of nitrogens with two attached hydrogens (primary N) is 1. The summed E-state index contributed by atoms with van der Waals surface area (Å²) in [7, 11) is 0. The molecule has 0 spiro atoms. The lowest BCUT2D eigenvalue weighted by Crippen LogP contribution is -2.41. The maximum atomic E-state index is 13.3. The van der Waals surface area contributed by atoms with E-state index in [2.05, 4.69) is 11.1 Å². The molecule has 1 aromatic carbocycles. The number of allylic oxidation sites excluding steroid dienone is 1. The molecule has 1 aliphatic carbocycles. The van der Waals surface area contributed by atoms with Crippen LogP contribution in [0.25, 0.3) is 6.08 Å². The predicted octanol–water partition coefficient (Wildman–Crippen LogP) is 4.01.